The SMILES string of the molecule is CCCC(CCC)COCCCOCCCO. The number of hydrogen-bond donors (Lipinski definition) is 1. The smallest absolute Gasteiger partial charge is 0.0494 e. The molecule has 0 heterocycles. The van der Waals surface area contributed by atoms with Crippen molar-refractivity contribution in [1.82, 2.24) is 0 Å². The predicted molar refractivity (Wildman–Crippen MR) is 71.3 cm³/mol. The van der Waals surface area contributed by atoms with Crippen molar-refractivity contribution >= 4 is 0 Å². The molecule has 0 saturated heterocycles. The van der Waals surface area contributed by atoms with Crippen LogP contribution in [0, 0.1) is 5.92 Å². The highest BCUT2D eigenvalue weighted by Crippen LogP contribution is 2.13. The van der Waals surface area contributed by atoms with Gasteiger partial charge in [-0.15, -0.1) is 0 Å². The van der Waals surface area contributed by atoms with E-state index in [1.807, 2.05) is 0 Å². The third-order valence-electron chi connectivity index (χ3n) is 2.77. The maximum Gasteiger partial charge on any atom is 0.0494 e. The summed E-state index contributed by atoms with van der Waals surface area (Å²) in [6.45, 7) is 7.78. The Bertz CT molecular complexity index is 133. The van der Waals surface area contributed by atoms with Crippen molar-refractivity contribution in [2.24, 2.45) is 5.92 Å². The van der Waals surface area contributed by atoms with Crippen molar-refractivity contribution in [3.05, 3.63) is 0 Å². The van der Waals surface area contributed by atoms with E-state index in [-0.39, 0.29) is 6.61 Å². The summed E-state index contributed by atoms with van der Waals surface area (Å²) in [6, 6.07) is 0. The summed E-state index contributed by atoms with van der Waals surface area (Å²) < 4.78 is 11.0. The van der Waals surface area contributed by atoms with Gasteiger partial charge in [-0.25, -0.2) is 0 Å². The molecule has 0 spiro atoms. The van der Waals surface area contributed by atoms with Crippen LogP contribution in [0.5, 0.6) is 0 Å². The van der Waals surface area contributed by atoms with E-state index in [2.05, 4.69) is 13.8 Å². The zero-order chi connectivity index (χ0) is 12.8. The van der Waals surface area contributed by atoms with Crippen LogP contribution in [0.4, 0.5) is 0 Å². The topological polar surface area (TPSA) is 38.7 Å². The molecule has 3 nitrogen and oxygen atoms in total. The second kappa shape index (κ2) is 13.9. The van der Waals surface area contributed by atoms with Crippen LogP contribution in [0.15, 0.2) is 0 Å². The van der Waals surface area contributed by atoms with Crippen LogP contribution in [0.2, 0.25) is 0 Å². The van der Waals surface area contributed by atoms with Crippen LogP contribution >= 0.6 is 0 Å². The van der Waals surface area contributed by atoms with E-state index < -0.39 is 0 Å². The third kappa shape index (κ3) is 12.1. The molecule has 0 bridgehead atoms. The van der Waals surface area contributed by atoms with Crippen molar-refractivity contribution in [3.8, 4) is 0 Å². The number of aliphatic hydroxyl groups is 1. The Kier molecular flexibility index (Phi) is 13.8. The Hall–Kier alpha value is -0.120. The van der Waals surface area contributed by atoms with Gasteiger partial charge in [0.15, 0.2) is 0 Å². The number of hydrogen-bond acceptors (Lipinski definition) is 3. The Morgan fingerprint density at radius 2 is 1.47 bits per heavy atom. The number of rotatable bonds is 13. The summed E-state index contributed by atoms with van der Waals surface area (Å²) in [7, 11) is 0. The van der Waals surface area contributed by atoms with Crippen LogP contribution in [0.1, 0.15) is 52.4 Å². The minimum absolute atomic E-state index is 0.214. The van der Waals surface area contributed by atoms with Gasteiger partial charge < -0.3 is 14.6 Å². The Balaban J connectivity index is 3.23. The number of ether oxygens (including phenoxy) is 2. The molecule has 17 heavy (non-hydrogen) atoms. The van der Waals surface area contributed by atoms with Gasteiger partial charge >= 0.3 is 0 Å². The van der Waals surface area contributed by atoms with E-state index >= 15 is 0 Å². The Morgan fingerprint density at radius 1 is 0.882 bits per heavy atom. The van der Waals surface area contributed by atoms with Crippen molar-refractivity contribution in [2.75, 3.05) is 33.0 Å². The second-order valence-electron chi connectivity index (χ2n) is 4.56. The fraction of sp³-hybridized carbons (Fsp3) is 1.00. The highest BCUT2D eigenvalue weighted by molar-refractivity contribution is 4.56. The van der Waals surface area contributed by atoms with Gasteiger partial charge in [0.2, 0.25) is 0 Å². The molecule has 0 aromatic rings. The molecule has 0 aliphatic rings. The molecule has 0 atom stereocenters. The van der Waals surface area contributed by atoms with Gasteiger partial charge in [0.1, 0.15) is 0 Å². The van der Waals surface area contributed by atoms with Gasteiger partial charge in [0.25, 0.3) is 0 Å². The van der Waals surface area contributed by atoms with Crippen molar-refractivity contribution in [3.63, 3.8) is 0 Å². The summed E-state index contributed by atoms with van der Waals surface area (Å²) >= 11 is 0. The maximum atomic E-state index is 8.56. The van der Waals surface area contributed by atoms with Gasteiger partial charge in [-0.2, -0.15) is 0 Å². The van der Waals surface area contributed by atoms with Gasteiger partial charge in [0, 0.05) is 33.0 Å². The van der Waals surface area contributed by atoms with E-state index in [0.29, 0.717) is 6.61 Å². The predicted octanol–water partition coefficient (Wildman–Crippen LogP) is 3.01. The van der Waals surface area contributed by atoms with Crippen molar-refractivity contribution in [2.45, 2.75) is 52.4 Å². The van der Waals surface area contributed by atoms with Gasteiger partial charge in [-0.3, -0.25) is 0 Å². The van der Waals surface area contributed by atoms with Gasteiger partial charge in [0.05, 0.1) is 0 Å². The normalized spacial score (nSPS) is 11.3. The lowest BCUT2D eigenvalue weighted by molar-refractivity contribution is 0.0588. The molecule has 0 aromatic carbocycles. The first kappa shape index (κ1) is 16.9. The van der Waals surface area contributed by atoms with Crippen LogP contribution in [-0.4, -0.2) is 38.1 Å². The average Bonchev–Trinajstić information content (AvgIpc) is 2.33. The minimum Gasteiger partial charge on any atom is -0.396 e. The summed E-state index contributed by atoms with van der Waals surface area (Å²) in [6.07, 6.45) is 6.74. The van der Waals surface area contributed by atoms with Crippen LogP contribution in [-0.2, 0) is 9.47 Å². The Labute approximate surface area is 107 Å². The molecule has 0 rings (SSSR count). The molecule has 104 valence electrons. The lowest BCUT2D eigenvalue weighted by atomic mass is 9.99. The van der Waals surface area contributed by atoms with Crippen LogP contribution < -0.4 is 0 Å². The van der Waals surface area contributed by atoms with E-state index in [1.54, 1.807) is 0 Å². The van der Waals surface area contributed by atoms with Gasteiger partial charge in [-0.05, 0) is 31.6 Å². The fourth-order valence-electron chi connectivity index (χ4n) is 1.91. The van der Waals surface area contributed by atoms with Crippen molar-refractivity contribution < 1.29 is 14.6 Å². The zero-order valence-corrected chi connectivity index (χ0v) is 11.6. The lowest BCUT2D eigenvalue weighted by Gasteiger charge is -2.15. The summed E-state index contributed by atoms with van der Waals surface area (Å²) in [4.78, 5) is 0. The summed E-state index contributed by atoms with van der Waals surface area (Å²) in [5.41, 5.74) is 0. The first-order valence-corrected chi connectivity index (χ1v) is 7.11. The fourth-order valence-corrected chi connectivity index (χ4v) is 1.91. The number of aliphatic hydroxyl groups excluding tert-OH is 1. The molecule has 0 aromatic heterocycles. The maximum absolute atomic E-state index is 8.56. The molecule has 0 aliphatic heterocycles. The van der Waals surface area contributed by atoms with Crippen molar-refractivity contribution in [1.29, 1.82) is 0 Å². The monoisotopic (exact) mass is 246 g/mol. The van der Waals surface area contributed by atoms with E-state index in [1.165, 1.54) is 25.7 Å². The van der Waals surface area contributed by atoms with Gasteiger partial charge in [-0.1, -0.05) is 26.7 Å². The first-order valence-electron chi connectivity index (χ1n) is 7.11. The van der Waals surface area contributed by atoms with E-state index in [9.17, 15) is 0 Å². The molecule has 1 N–H and O–H groups in total. The van der Waals surface area contributed by atoms with E-state index in [0.717, 1.165) is 38.6 Å². The minimum atomic E-state index is 0.214. The summed E-state index contributed by atoms with van der Waals surface area (Å²) in [5.74, 6) is 0.736. The molecular weight excluding hydrogens is 216 g/mol. The third-order valence-corrected chi connectivity index (χ3v) is 2.77. The highest BCUT2D eigenvalue weighted by Gasteiger charge is 2.06. The molecule has 0 unspecified atom stereocenters. The molecule has 0 amide bonds. The second-order valence-corrected chi connectivity index (χ2v) is 4.56. The Morgan fingerprint density at radius 3 is 2.06 bits per heavy atom. The molecule has 0 aliphatic carbocycles. The largest absolute Gasteiger partial charge is 0.396 e. The lowest BCUT2D eigenvalue weighted by Crippen LogP contribution is -2.11. The molecular formula is C14H30O3. The van der Waals surface area contributed by atoms with Crippen LogP contribution in [0.25, 0.3) is 0 Å². The molecule has 0 radical (unpaired) electrons. The summed E-state index contributed by atoms with van der Waals surface area (Å²) in [5, 5.41) is 8.56. The van der Waals surface area contributed by atoms with E-state index in [4.69, 9.17) is 14.6 Å². The molecule has 3 heteroatoms. The molecule has 0 saturated carbocycles. The first-order chi connectivity index (χ1) is 8.35. The molecule has 0 fully saturated rings. The average molecular weight is 246 g/mol. The zero-order valence-electron chi connectivity index (χ0n) is 11.6. The quantitative estimate of drug-likeness (QED) is 0.508. The standard InChI is InChI=1S/C14H30O3/c1-3-7-14(8-4-2)13-17-12-6-11-16-10-5-9-15/h14-15H,3-13H2,1-2H3. The van der Waals surface area contributed by atoms with Crippen LogP contribution in [0.3, 0.4) is 0 Å². The highest BCUT2D eigenvalue weighted by atomic mass is 16.5.